The number of para-hydroxylation sites is 1. The first-order chi connectivity index (χ1) is 13.5. The number of imide groups is 1. The van der Waals surface area contributed by atoms with Crippen LogP contribution in [-0.4, -0.2) is 62.0 Å². The number of rotatable bonds is 7. The highest BCUT2D eigenvalue weighted by Gasteiger charge is 2.36. The lowest BCUT2D eigenvalue weighted by atomic mass is 10.1. The molecule has 2 saturated heterocycles. The van der Waals surface area contributed by atoms with Crippen molar-refractivity contribution in [2.75, 3.05) is 33.9 Å². The second-order valence-corrected chi connectivity index (χ2v) is 7.28. The zero-order chi connectivity index (χ0) is 20.1. The van der Waals surface area contributed by atoms with Gasteiger partial charge in [0.1, 0.15) is 6.54 Å². The van der Waals surface area contributed by atoms with Crippen LogP contribution in [-0.2, 0) is 14.3 Å². The molecule has 2 fully saturated rings. The maximum absolute atomic E-state index is 12.6. The molecule has 3 amide bonds. The van der Waals surface area contributed by atoms with Gasteiger partial charge >= 0.3 is 0 Å². The predicted molar refractivity (Wildman–Crippen MR) is 104 cm³/mol. The number of nitrogens with one attached hydrogen (secondary N) is 1. The number of methoxy groups -OCH3 is 2. The van der Waals surface area contributed by atoms with Gasteiger partial charge in [-0.1, -0.05) is 12.1 Å². The van der Waals surface area contributed by atoms with E-state index in [1.165, 1.54) is 14.2 Å². The van der Waals surface area contributed by atoms with Gasteiger partial charge in [-0.15, -0.1) is 0 Å². The molecular formula is C19H22N2O6S. The smallest absolute Gasteiger partial charge is 0.294 e. The Balaban J connectivity index is 1.67. The van der Waals surface area contributed by atoms with Gasteiger partial charge in [0.15, 0.2) is 11.5 Å². The summed E-state index contributed by atoms with van der Waals surface area (Å²) < 4.78 is 16.0. The number of hydrogen-bond donors (Lipinski definition) is 1. The monoisotopic (exact) mass is 406 g/mol. The fourth-order valence-corrected chi connectivity index (χ4v) is 3.86. The van der Waals surface area contributed by atoms with Crippen LogP contribution in [0.4, 0.5) is 4.79 Å². The average molecular weight is 406 g/mol. The Labute approximate surface area is 167 Å². The molecule has 0 bridgehead atoms. The van der Waals surface area contributed by atoms with Crippen molar-refractivity contribution >= 4 is 34.9 Å². The van der Waals surface area contributed by atoms with Crippen LogP contribution in [0.1, 0.15) is 18.4 Å². The summed E-state index contributed by atoms with van der Waals surface area (Å²) in [6.07, 6.45) is 3.44. The Kier molecular flexibility index (Phi) is 6.58. The molecule has 0 spiro atoms. The van der Waals surface area contributed by atoms with E-state index in [1.54, 1.807) is 24.3 Å². The second kappa shape index (κ2) is 9.11. The number of hydrogen-bond acceptors (Lipinski definition) is 7. The van der Waals surface area contributed by atoms with E-state index in [2.05, 4.69) is 5.32 Å². The highest BCUT2D eigenvalue weighted by atomic mass is 32.2. The van der Waals surface area contributed by atoms with Gasteiger partial charge in [0.05, 0.1) is 25.2 Å². The highest BCUT2D eigenvalue weighted by molar-refractivity contribution is 8.18. The zero-order valence-electron chi connectivity index (χ0n) is 15.7. The van der Waals surface area contributed by atoms with Gasteiger partial charge in [-0.2, -0.15) is 0 Å². The maximum Gasteiger partial charge on any atom is 0.294 e. The molecule has 1 aromatic rings. The lowest BCUT2D eigenvalue weighted by molar-refractivity contribution is -0.129. The number of thioether (sulfide) groups is 1. The summed E-state index contributed by atoms with van der Waals surface area (Å²) in [5, 5.41) is 2.23. The van der Waals surface area contributed by atoms with Gasteiger partial charge in [0.2, 0.25) is 5.91 Å². The normalized spacial score (nSPS) is 20.7. The van der Waals surface area contributed by atoms with E-state index in [1.807, 2.05) is 0 Å². The summed E-state index contributed by atoms with van der Waals surface area (Å²) >= 11 is 0.792. The van der Waals surface area contributed by atoms with Crippen LogP contribution in [0.3, 0.4) is 0 Å². The minimum Gasteiger partial charge on any atom is -0.493 e. The van der Waals surface area contributed by atoms with E-state index >= 15 is 0 Å². The van der Waals surface area contributed by atoms with E-state index < -0.39 is 17.1 Å². The fraction of sp³-hybridized carbons (Fsp3) is 0.421. The molecule has 1 N–H and O–H groups in total. The van der Waals surface area contributed by atoms with E-state index in [0.29, 0.717) is 30.2 Å². The standard InChI is InChI=1S/C19H22N2O6S/c1-25-14-7-3-5-12(17(14)26-2)9-15-18(23)21(19(24)28-15)11-16(22)20-10-13-6-4-8-27-13/h3,5,7,9,13H,4,6,8,10-11H2,1-2H3,(H,20,22)/b15-9-/t13-/m0/s1. The minimum absolute atomic E-state index is 0.000659. The summed E-state index contributed by atoms with van der Waals surface area (Å²) in [4.78, 5) is 38.1. The molecule has 28 heavy (non-hydrogen) atoms. The molecule has 1 aromatic carbocycles. The van der Waals surface area contributed by atoms with Gasteiger partial charge in [-0.25, -0.2) is 0 Å². The number of amides is 3. The van der Waals surface area contributed by atoms with E-state index in [0.717, 1.165) is 29.5 Å². The van der Waals surface area contributed by atoms with Crippen molar-refractivity contribution in [2.45, 2.75) is 18.9 Å². The molecular weight excluding hydrogens is 384 g/mol. The van der Waals surface area contributed by atoms with Gasteiger partial charge in [-0.3, -0.25) is 19.3 Å². The molecule has 0 aromatic heterocycles. The van der Waals surface area contributed by atoms with E-state index in [9.17, 15) is 14.4 Å². The van der Waals surface area contributed by atoms with Gasteiger partial charge < -0.3 is 19.5 Å². The SMILES string of the molecule is COc1cccc(/C=C2\SC(=O)N(CC(=O)NC[C@@H]3CCCO3)C2=O)c1OC. The van der Waals surface area contributed by atoms with Crippen LogP contribution in [0.15, 0.2) is 23.1 Å². The van der Waals surface area contributed by atoms with Crippen molar-refractivity contribution in [3.05, 3.63) is 28.7 Å². The van der Waals surface area contributed by atoms with Crippen LogP contribution in [0, 0.1) is 0 Å². The Hall–Kier alpha value is -2.52. The predicted octanol–water partition coefficient (Wildman–Crippen LogP) is 2.04. The van der Waals surface area contributed by atoms with E-state index in [4.69, 9.17) is 14.2 Å². The molecule has 0 saturated carbocycles. The molecule has 0 aliphatic carbocycles. The van der Waals surface area contributed by atoms with Crippen molar-refractivity contribution in [3.63, 3.8) is 0 Å². The molecule has 2 aliphatic rings. The lowest BCUT2D eigenvalue weighted by Gasteiger charge is -2.14. The van der Waals surface area contributed by atoms with Crippen molar-refractivity contribution < 1.29 is 28.6 Å². The third-order valence-corrected chi connectivity index (χ3v) is 5.35. The fourth-order valence-electron chi connectivity index (χ4n) is 3.04. The third-order valence-electron chi connectivity index (χ3n) is 4.45. The zero-order valence-corrected chi connectivity index (χ0v) is 16.5. The molecule has 8 nitrogen and oxygen atoms in total. The topological polar surface area (TPSA) is 94.2 Å². The Bertz CT molecular complexity index is 804. The first-order valence-corrected chi connectivity index (χ1v) is 9.69. The molecule has 9 heteroatoms. The van der Waals surface area contributed by atoms with Crippen LogP contribution in [0.25, 0.3) is 6.08 Å². The van der Waals surface area contributed by atoms with Crippen molar-refractivity contribution in [2.24, 2.45) is 0 Å². The second-order valence-electron chi connectivity index (χ2n) is 6.29. The third kappa shape index (κ3) is 4.48. The maximum atomic E-state index is 12.6. The minimum atomic E-state index is -0.507. The van der Waals surface area contributed by atoms with Gasteiger partial charge in [0, 0.05) is 18.7 Å². The highest BCUT2D eigenvalue weighted by Crippen LogP contribution is 2.37. The number of nitrogens with zero attached hydrogens (tertiary/aromatic N) is 1. The van der Waals surface area contributed by atoms with E-state index in [-0.39, 0.29) is 17.6 Å². The first kappa shape index (κ1) is 20.2. The van der Waals surface area contributed by atoms with Crippen LogP contribution >= 0.6 is 11.8 Å². The van der Waals surface area contributed by atoms with Crippen LogP contribution < -0.4 is 14.8 Å². The average Bonchev–Trinajstić information content (AvgIpc) is 3.30. The number of benzene rings is 1. The van der Waals surface area contributed by atoms with Crippen molar-refractivity contribution in [1.29, 1.82) is 0 Å². The molecule has 150 valence electrons. The van der Waals surface area contributed by atoms with Crippen LogP contribution in [0.2, 0.25) is 0 Å². The number of ether oxygens (including phenoxy) is 3. The summed E-state index contributed by atoms with van der Waals surface area (Å²) in [5.41, 5.74) is 0.607. The first-order valence-electron chi connectivity index (χ1n) is 8.88. The van der Waals surface area contributed by atoms with Crippen LogP contribution in [0.5, 0.6) is 11.5 Å². The summed E-state index contributed by atoms with van der Waals surface area (Å²) in [5.74, 6) is 0.0836. The Morgan fingerprint density at radius 1 is 1.36 bits per heavy atom. The largest absolute Gasteiger partial charge is 0.493 e. The quantitative estimate of drug-likeness (QED) is 0.693. The number of carbonyl (C=O) groups excluding carboxylic acids is 3. The van der Waals surface area contributed by atoms with Gasteiger partial charge in [-0.05, 0) is 36.7 Å². The summed E-state index contributed by atoms with van der Waals surface area (Å²) in [6.45, 7) is 0.762. The Morgan fingerprint density at radius 2 is 2.18 bits per heavy atom. The molecule has 2 heterocycles. The molecule has 0 radical (unpaired) electrons. The summed E-state index contributed by atoms with van der Waals surface area (Å²) in [7, 11) is 3.02. The molecule has 0 unspecified atom stereocenters. The Morgan fingerprint density at radius 3 is 2.86 bits per heavy atom. The molecule has 1 atom stereocenters. The lowest BCUT2D eigenvalue weighted by Crippen LogP contribution is -2.41. The number of carbonyl (C=O) groups is 3. The molecule has 2 aliphatic heterocycles. The van der Waals surface area contributed by atoms with Crippen molar-refractivity contribution in [3.8, 4) is 11.5 Å². The van der Waals surface area contributed by atoms with Crippen molar-refractivity contribution in [1.82, 2.24) is 10.2 Å². The summed E-state index contributed by atoms with van der Waals surface area (Å²) in [6, 6.07) is 5.25. The van der Waals surface area contributed by atoms with Gasteiger partial charge in [0.25, 0.3) is 11.1 Å². The molecule has 3 rings (SSSR count).